The van der Waals surface area contributed by atoms with Crippen molar-refractivity contribution in [3.63, 3.8) is 0 Å². The van der Waals surface area contributed by atoms with Crippen molar-refractivity contribution in [2.24, 2.45) is 0 Å². The van der Waals surface area contributed by atoms with Gasteiger partial charge in [-0.2, -0.15) is 0 Å². The number of rotatable bonds is 13. The molecule has 0 spiro atoms. The Labute approximate surface area is 615 Å². The topological polar surface area (TPSA) is 27.8 Å². The van der Waals surface area contributed by atoms with Gasteiger partial charge in [0.1, 0.15) is 11.2 Å². The smallest absolute Gasteiger partial charge is 0.252 e. The van der Waals surface area contributed by atoms with Gasteiger partial charge in [-0.15, -0.1) is 0 Å². The van der Waals surface area contributed by atoms with Crippen molar-refractivity contribution in [1.29, 1.82) is 0 Å². The lowest BCUT2D eigenvalue weighted by Gasteiger charge is -2.45. The van der Waals surface area contributed by atoms with E-state index in [0.29, 0.717) is 0 Å². The summed E-state index contributed by atoms with van der Waals surface area (Å²) in [6, 6.07) is 121. The SMILES string of the molecule is C=C(/C=C(\C=C(/C)N1c2cc(-c3ccc4oc5ccccc5c4c3)ccc2B2c3ccc(N(c4ccc(C(C)(C)C)cc4)c4ccc(C(C)(C)C)cc4)cc3N(c3cc(-c4ccccc4)cc(-c4ccccc4)c3)c3cc(-n4c5ccccc5c5ccccc54)cc1c32)c1ccccc1)c1ccccc1. The fraction of sp³-hybridized carbons (Fsp3) is 0.0909. The number of nitrogens with zero attached hydrogens (tertiary/aromatic N) is 4. The summed E-state index contributed by atoms with van der Waals surface area (Å²) in [5.41, 5.74) is 31.6. The predicted molar refractivity (Wildman–Crippen MR) is 448 cm³/mol. The Morgan fingerprint density at radius 1 is 0.371 bits per heavy atom. The monoisotopic (exact) mass is 1350 g/mol. The molecule has 6 heteroatoms. The second-order valence-corrected chi connectivity index (χ2v) is 30.3. The normalized spacial score (nSPS) is 13.0. The van der Waals surface area contributed by atoms with Crippen LogP contribution in [0.15, 0.2) is 356 Å². The van der Waals surface area contributed by atoms with Gasteiger partial charge in [-0.1, -0.05) is 273 Å². The first-order valence-corrected chi connectivity index (χ1v) is 36.6. The Bertz CT molecular complexity index is 5960. The van der Waals surface area contributed by atoms with Gasteiger partial charge in [0.2, 0.25) is 0 Å². The zero-order valence-corrected chi connectivity index (χ0v) is 60.3. The number of allylic oxidation sites excluding steroid dienone is 5. The van der Waals surface area contributed by atoms with Gasteiger partial charge in [0.25, 0.3) is 6.71 Å². The maximum atomic E-state index is 6.49. The molecular formula is C99H79BN4O. The minimum Gasteiger partial charge on any atom is -0.456 e. The molecule has 2 aliphatic rings. The Morgan fingerprint density at radius 3 is 1.46 bits per heavy atom. The van der Waals surface area contributed by atoms with E-state index in [2.05, 4.69) is 401 Å². The van der Waals surface area contributed by atoms with Crippen LogP contribution in [-0.2, 0) is 10.8 Å². The van der Waals surface area contributed by atoms with Gasteiger partial charge >= 0.3 is 0 Å². The highest BCUT2D eigenvalue weighted by molar-refractivity contribution is 7.00. The molecule has 0 saturated heterocycles. The third-order valence-electron chi connectivity index (χ3n) is 21.5. The molecule has 0 unspecified atom stereocenters. The van der Waals surface area contributed by atoms with Crippen LogP contribution in [0.25, 0.3) is 94.0 Å². The number of benzene rings is 14. The van der Waals surface area contributed by atoms with Crippen molar-refractivity contribution in [2.75, 3.05) is 14.7 Å². The lowest BCUT2D eigenvalue weighted by molar-refractivity contribution is 0.590. The second kappa shape index (κ2) is 25.7. The summed E-state index contributed by atoms with van der Waals surface area (Å²) in [5.74, 6) is 0. The third kappa shape index (κ3) is 11.5. The molecule has 0 atom stereocenters. The Kier molecular flexibility index (Phi) is 15.8. The molecule has 0 amide bonds. The maximum Gasteiger partial charge on any atom is 0.252 e. The van der Waals surface area contributed by atoms with E-state index in [1.165, 1.54) is 38.3 Å². The van der Waals surface area contributed by atoms with Crippen molar-refractivity contribution >= 4 is 123 Å². The molecule has 16 aromatic rings. The number of hydrogen-bond donors (Lipinski definition) is 0. The van der Waals surface area contributed by atoms with E-state index >= 15 is 0 Å². The predicted octanol–water partition coefficient (Wildman–Crippen LogP) is 25.2. The molecule has 4 heterocycles. The lowest BCUT2D eigenvalue weighted by Crippen LogP contribution is -2.61. The average molecular weight is 1350 g/mol. The van der Waals surface area contributed by atoms with Gasteiger partial charge in [0.05, 0.1) is 16.7 Å². The van der Waals surface area contributed by atoms with Crippen LogP contribution in [0.4, 0.5) is 45.5 Å². The van der Waals surface area contributed by atoms with Gasteiger partial charge in [-0.3, -0.25) is 0 Å². The minimum atomic E-state index is -0.255. The zero-order valence-electron chi connectivity index (χ0n) is 60.3. The summed E-state index contributed by atoms with van der Waals surface area (Å²) in [6.07, 6.45) is 4.64. The molecule has 0 radical (unpaired) electrons. The molecule has 14 aromatic carbocycles. The Balaban J connectivity index is 0.967. The minimum absolute atomic E-state index is 0.0388. The van der Waals surface area contributed by atoms with Gasteiger partial charge in [-0.05, 0) is 216 Å². The first-order chi connectivity index (χ1) is 51.1. The highest BCUT2D eigenvalue weighted by Crippen LogP contribution is 2.50. The number of para-hydroxylation sites is 3. The van der Waals surface area contributed by atoms with Crippen LogP contribution >= 0.6 is 0 Å². The van der Waals surface area contributed by atoms with Gasteiger partial charge in [0.15, 0.2) is 0 Å². The van der Waals surface area contributed by atoms with E-state index in [-0.39, 0.29) is 17.5 Å². The molecule has 0 saturated carbocycles. The molecule has 2 aromatic heterocycles. The summed E-state index contributed by atoms with van der Waals surface area (Å²) >= 11 is 0. The molecule has 18 rings (SSSR count). The van der Waals surface area contributed by atoms with E-state index in [1.807, 2.05) is 6.07 Å². The zero-order chi connectivity index (χ0) is 71.2. The van der Waals surface area contributed by atoms with Gasteiger partial charge < -0.3 is 23.7 Å². The van der Waals surface area contributed by atoms with Crippen LogP contribution in [0, 0.1) is 0 Å². The molecule has 0 aliphatic carbocycles. The quantitative estimate of drug-likeness (QED) is 0.0849. The fourth-order valence-electron chi connectivity index (χ4n) is 16.2. The van der Waals surface area contributed by atoms with E-state index in [1.54, 1.807) is 0 Å². The lowest BCUT2D eigenvalue weighted by atomic mass is 9.33. The van der Waals surface area contributed by atoms with Crippen LogP contribution in [0.2, 0.25) is 0 Å². The molecule has 105 heavy (non-hydrogen) atoms. The average Bonchev–Trinajstić information content (AvgIpc) is 0.903. The largest absolute Gasteiger partial charge is 0.456 e. The van der Waals surface area contributed by atoms with Crippen LogP contribution in [0.1, 0.15) is 70.7 Å². The van der Waals surface area contributed by atoms with E-state index in [4.69, 9.17) is 11.0 Å². The van der Waals surface area contributed by atoms with Crippen LogP contribution in [-0.4, -0.2) is 11.3 Å². The molecule has 0 fully saturated rings. The standard InChI is InChI=1S/C99H79BN4O/c1-65(67-27-13-9-14-28-67)55-73(68-29-15-10-16-30-68)56-66(2)101-91-61-72(71-42-54-96-86(60-71)85-37-23-26-40-95(85)105-96)41-52-87(91)100-88-53-51-80(102(78-47-43-76(44-48-78)98(3,4)5)79-49-45-77(46-50-79)99(6,7)8)62-92(88)104(81-58-74(69-31-17-11-18-32-69)57-75(59-81)70-33-19-12-20-34-70)94-64-82(63-93(101)97(94)100)103-89-38-24-21-35-83(89)84-36-22-25-39-90(84)103/h9-64H,1H2,2-8H3/b66-56+,73-55+. The first kappa shape index (κ1) is 64.5. The van der Waals surface area contributed by atoms with Crippen molar-refractivity contribution in [3.05, 3.63) is 374 Å². The second-order valence-electron chi connectivity index (χ2n) is 30.3. The van der Waals surface area contributed by atoms with Crippen molar-refractivity contribution < 1.29 is 4.42 Å². The van der Waals surface area contributed by atoms with Gasteiger partial charge in [-0.25, -0.2) is 0 Å². The first-order valence-electron chi connectivity index (χ1n) is 36.6. The highest BCUT2D eigenvalue weighted by atomic mass is 16.3. The summed E-state index contributed by atoms with van der Waals surface area (Å²) in [5, 5.41) is 4.57. The van der Waals surface area contributed by atoms with E-state index < -0.39 is 0 Å². The summed E-state index contributed by atoms with van der Waals surface area (Å²) in [6.45, 7) is 20.5. The number of hydrogen-bond acceptors (Lipinski definition) is 4. The molecule has 0 bridgehead atoms. The van der Waals surface area contributed by atoms with Crippen LogP contribution < -0.4 is 31.1 Å². The van der Waals surface area contributed by atoms with Crippen molar-refractivity contribution in [1.82, 2.24) is 4.57 Å². The van der Waals surface area contributed by atoms with E-state index in [0.717, 1.165) is 146 Å². The Hall–Kier alpha value is -12.6. The number of aromatic nitrogens is 1. The highest BCUT2D eigenvalue weighted by Gasteiger charge is 2.45. The molecule has 504 valence electrons. The summed E-state index contributed by atoms with van der Waals surface area (Å²) in [4.78, 5) is 7.66. The summed E-state index contributed by atoms with van der Waals surface area (Å²) in [7, 11) is 0. The summed E-state index contributed by atoms with van der Waals surface area (Å²) < 4.78 is 9.00. The van der Waals surface area contributed by atoms with Crippen LogP contribution in [0.5, 0.6) is 0 Å². The molecular weight excluding hydrogens is 1270 g/mol. The maximum absolute atomic E-state index is 6.49. The van der Waals surface area contributed by atoms with Crippen molar-refractivity contribution in [2.45, 2.75) is 59.3 Å². The van der Waals surface area contributed by atoms with Gasteiger partial charge in [0, 0.05) is 72.7 Å². The van der Waals surface area contributed by atoms with Crippen molar-refractivity contribution in [3.8, 4) is 39.1 Å². The molecule has 2 aliphatic heterocycles. The van der Waals surface area contributed by atoms with E-state index in [9.17, 15) is 0 Å². The Morgan fingerprint density at radius 2 is 0.857 bits per heavy atom. The molecule has 0 N–H and O–H groups in total. The number of anilines is 8. The number of furan rings is 1. The molecule has 5 nitrogen and oxygen atoms in total. The fourth-order valence-corrected chi connectivity index (χ4v) is 16.2. The van der Waals surface area contributed by atoms with Crippen LogP contribution in [0.3, 0.4) is 0 Å². The third-order valence-corrected chi connectivity index (χ3v) is 21.5. The number of fused-ring (bicyclic) bond motifs is 10.